The van der Waals surface area contributed by atoms with E-state index in [9.17, 15) is 22.8 Å². The molecular weight excluding hydrogens is 421 g/mol. The number of likely N-dealkylation sites (tertiary alicyclic amines) is 2. The van der Waals surface area contributed by atoms with Gasteiger partial charge in [0.15, 0.2) is 0 Å². The zero-order chi connectivity index (χ0) is 22.7. The molecule has 0 N–H and O–H groups in total. The van der Waals surface area contributed by atoms with Crippen LogP contribution in [0, 0.1) is 0 Å². The van der Waals surface area contributed by atoms with Gasteiger partial charge in [-0.05, 0) is 62.1 Å². The van der Waals surface area contributed by atoms with E-state index in [0.717, 1.165) is 32.0 Å². The van der Waals surface area contributed by atoms with Crippen molar-refractivity contribution in [2.24, 2.45) is 0 Å². The van der Waals surface area contributed by atoms with Crippen LogP contribution in [0.15, 0.2) is 48.5 Å². The molecule has 0 spiro atoms. The summed E-state index contributed by atoms with van der Waals surface area (Å²) in [7, 11) is 0. The molecule has 4 rings (SSSR count). The highest BCUT2D eigenvalue weighted by Crippen LogP contribution is 2.33. The van der Waals surface area contributed by atoms with Crippen LogP contribution < -0.4 is 4.74 Å². The first-order valence-corrected chi connectivity index (χ1v) is 10.8. The fraction of sp³-hybridized carbons (Fsp3) is 0.417. The Morgan fingerprint density at radius 2 is 1.59 bits per heavy atom. The van der Waals surface area contributed by atoms with Gasteiger partial charge in [-0.2, -0.15) is 13.2 Å². The Morgan fingerprint density at radius 3 is 2.28 bits per heavy atom. The lowest BCUT2D eigenvalue weighted by atomic mass is 10.1. The number of benzene rings is 2. The molecule has 0 aromatic heterocycles. The number of hydrogen-bond donors (Lipinski definition) is 0. The van der Waals surface area contributed by atoms with Crippen LogP contribution in [0.4, 0.5) is 13.2 Å². The maximum Gasteiger partial charge on any atom is 0.417 e. The van der Waals surface area contributed by atoms with Crippen molar-refractivity contribution in [3.63, 3.8) is 0 Å². The summed E-state index contributed by atoms with van der Waals surface area (Å²) in [5, 5.41) is 0. The molecule has 2 aromatic rings. The largest absolute Gasteiger partial charge is 0.491 e. The lowest BCUT2D eigenvalue weighted by molar-refractivity contribution is -0.138. The molecular formula is C24H25F3N2O3. The second kappa shape index (κ2) is 9.22. The number of ether oxygens (including phenoxy) is 1. The summed E-state index contributed by atoms with van der Waals surface area (Å²) in [5.41, 5.74) is -0.660. The van der Waals surface area contributed by atoms with E-state index in [1.165, 1.54) is 23.1 Å². The molecule has 2 heterocycles. The number of rotatable bonds is 5. The lowest BCUT2D eigenvalue weighted by Crippen LogP contribution is -2.39. The molecule has 2 saturated heterocycles. The fourth-order valence-electron chi connectivity index (χ4n) is 4.34. The third-order valence-corrected chi connectivity index (χ3v) is 6.04. The smallest absolute Gasteiger partial charge is 0.417 e. The summed E-state index contributed by atoms with van der Waals surface area (Å²) in [6.45, 7) is 2.13. The van der Waals surface area contributed by atoms with Crippen molar-refractivity contribution in [2.75, 3.05) is 26.2 Å². The molecule has 32 heavy (non-hydrogen) atoms. The maximum atomic E-state index is 13.3. The molecule has 170 valence electrons. The zero-order valence-corrected chi connectivity index (χ0v) is 17.6. The summed E-state index contributed by atoms with van der Waals surface area (Å²) >= 11 is 0. The van der Waals surface area contributed by atoms with Crippen molar-refractivity contribution < 1.29 is 27.5 Å². The molecule has 0 radical (unpaired) electrons. The van der Waals surface area contributed by atoms with Gasteiger partial charge in [0.25, 0.3) is 11.8 Å². The lowest BCUT2D eigenvalue weighted by Gasteiger charge is -2.26. The topological polar surface area (TPSA) is 49.9 Å². The molecule has 8 heteroatoms. The summed E-state index contributed by atoms with van der Waals surface area (Å²) < 4.78 is 45.8. The number of amides is 2. The highest BCUT2D eigenvalue weighted by atomic mass is 19.4. The van der Waals surface area contributed by atoms with Crippen molar-refractivity contribution in [1.29, 1.82) is 0 Å². The van der Waals surface area contributed by atoms with Gasteiger partial charge in [-0.1, -0.05) is 12.1 Å². The molecule has 2 fully saturated rings. The standard InChI is InChI=1S/C24H25F3N2O3/c25-24(26,27)21-8-2-1-7-20(21)23(31)29-15-5-6-18(29)16-32-19-11-9-17(10-12-19)22(30)28-13-3-4-14-28/h1-2,7-12,18H,3-6,13-16H2/t18-/m0/s1. The Balaban J connectivity index is 1.40. The monoisotopic (exact) mass is 446 g/mol. The molecule has 2 aliphatic rings. The number of carbonyl (C=O) groups excluding carboxylic acids is 2. The van der Waals surface area contributed by atoms with Gasteiger partial charge in [-0.3, -0.25) is 9.59 Å². The van der Waals surface area contributed by atoms with Crippen molar-refractivity contribution in [3.05, 3.63) is 65.2 Å². The van der Waals surface area contributed by atoms with Crippen molar-refractivity contribution >= 4 is 11.8 Å². The molecule has 1 atom stereocenters. The molecule has 5 nitrogen and oxygen atoms in total. The predicted molar refractivity (Wildman–Crippen MR) is 113 cm³/mol. The van der Waals surface area contributed by atoms with E-state index in [4.69, 9.17) is 4.74 Å². The highest BCUT2D eigenvalue weighted by Gasteiger charge is 2.38. The Bertz CT molecular complexity index is 969. The molecule has 0 saturated carbocycles. The van der Waals surface area contributed by atoms with Crippen LogP contribution >= 0.6 is 0 Å². The number of hydrogen-bond acceptors (Lipinski definition) is 3. The minimum atomic E-state index is -4.59. The molecule has 2 aromatic carbocycles. The Hall–Kier alpha value is -3.03. The number of alkyl halides is 3. The van der Waals surface area contributed by atoms with Crippen molar-refractivity contribution in [1.82, 2.24) is 9.80 Å². The van der Waals surface area contributed by atoms with E-state index in [0.29, 0.717) is 30.7 Å². The zero-order valence-electron chi connectivity index (χ0n) is 17.6. The Morgan fingerprint density at radius 1 is 0.906 bits per heavy atom. The number of carbonyl (C=O) groups is 2. The van der Waals surface area contributed by atoms with Crippen LogP contribution in [-0.4, -0.2) is 53.9 Å². The van der Waals surface area contributed by atoms with E-state index in [1.54, 1.807) is 24.3 Å². The van der Waals surface area contributed by atoms with E-state index in [2.05, 4.69) is 0 Å². The summed E-state index contributed by atoms with van der Waals surface area (Å²) in [5.74, 6) is -0.0708. The van der Waals surface area contributed by atoms with E-state index in [-0.39, 0.29) is 24.1 Å². The number of nitrogens with zero attached hydrogens (tertiary/aromatic N) is 2. The van der Waals surface area contributed by atoms with E-state index in [1.807, 2.05) is 4.90 Å². The van der Waals surface area contributed by atoms with Gasteiger partial charge < -0.3 is 14.5 Å². The van der Waals surface area contributed by atoms with Crippen molar-refractivity contribution in [3.8, 4) is 5.75 Å². The normalized spacial score (nSPS) is 18.8. The third-order valence-electron chi connectivity index (χ3n) is 6.04. The SMILES string of the molecule is O=C(c1ccc(OC[C@@H]2CCCN2C(=O)c2ccccc2C(F)(F)F)cc1)N1CCCC1. The second-order valence-corrected chi connectivity index (χ2v) is 8.17. The van der Waals surface area contributed by atoms with Gasteiger partial charge in [0.1, 0.15) is 12.4 Å². The second-order valence-electron chi connectivity index (χ2n) is 8.17. The molecule has 0 bridgehead atoms. The molecule has 2 amide bonds. The first-order chi connectivity index (χ1) is 15.3. The van der Waals surface area contributed by atoms with Crippen LogP contribution in [0.1, 0.15) is 52.0 Å². The van der Waals surface area contributed by atoms with E-state index >= 15 is 0 Å². The van der Waals surface area contributed by atoms with Crippen LogP contribution in [-0.2, 0) is 6.18 Å². The van der Waals surface area contributed by atoms with Gasteiger partial charge in [0.05, 0.1) is 17.2 Å². The predicted octanol–water partition coefficient (Wildman–Crippen LogP) is 4.63. The molecule has 2 aliphatic heterocycles. The quantitative estimate of drug-likeness (QED) is 0.673. The summed E-state index contributed by atoms with van der Waals surface area (Å²) in [6, 6.07) is 11.4. The van der Waals surface area contributed by atoms with Gasteiger partial charge in [-0.25, -0.2) is 0 Å². The average Bonchev–Trinajstić information content (AvgIpc) is 3.49. The third kappa shape index (κ3) is 4.74. The minimum Gasteiger partial charge on any atom is -0.491 e. The average molecular weight is 446 g/mol. The summed E-state index contributed by atoms with van der Waals surface area (Å²) in [4.78, 5) is 28.6. The van der Waals surface area contributed by atoms with Crippen LogP contribution in [0.25, 0.3) is 0 Å². The van der Waals surface area contributed by atoms with Crippen LogP contribution in [0.3, 0.4) is 0 Å². The van der Waals surface area contributed by atoms with E-state index < -0.39 is 17.6 Å². The Labute approximate surface area is 184 Å². The Kier molecular flexibility index (Phi) is 6.39. The first kappa shape index (κ1) is 22.2. The first-order valence-electron chi connectivity index (χ1n) is 10.8. The van der Waals surface area contributed by atoms with Gasteiger partial charge in [-0.15, -0.1) is 0 Å². The minimum absolute atomic E-state index is 0.00458. The van der Waals surface area contributed by atoms with Crippen LogP contribution in [0.5, 0.6) is 5.75 Å². The van der Waals surface area contributed by atoms with Crippen molar-refractivity contribution in [2.45, 2.75) is 37.9 Å². The van der Waals surface area contributed by atoms with Crippen LogP contribution in [0.2, 0.25) is 0 Å². The molecule has 0 unspecified atom stereocenters. The van der Waals surface area contributed by atoms with Gasteiger partial charge >= 0.3 is 6.18 Å². The highest BCUT2D eigenvalue weighted by molar-refractivity contribution is 5.96. The fourth-order valence-corrected chi connectivity index (χ4v) is 4.34. The van der Waals surface area contributed by atoms with Gasteiger partial charge in [0.2, 0.25) is 0 Å². The summed E-state index contributed by atoms with van der Waals surface area (Å²) in [6.07, 6.45) is -1.18. The molecule has 0 aliphatic carbocycles. The maximum absolute atomic E-state index is 13.3. The number of halogens is 3. The van der Waals surface area contributed by atoms with Gasteiger partial charge in [0, 0.05) is 25.2 Å².